The molecular weight excluding hydrogens is 430 g/mol. The van der Waals surface area contributed by atoms with Gasteiger partial charge in [0.1, 0.15) is 0 Å². The molecule has 4 fully saturated rings. The monoisotopic (exact) mass is 457 g/mol. The molecule has 0 spiro atoms. The molecule has 4 rings (SSSR count). The van der Waals surface area contributed by atoms with Crippen LogP contribution in [0.2, 0.25) is 0 Å². The van der Waals surface area contributed by atoms with E-state index in [2.05, 4.69) is 0 Å². The van der Waals surface area contributed by atoms with Crippen LogP contribution in [0.15, 0.2) is 0 Å². The molecule has 20 radical (unpaired) electrons. The summed E-state index contributed by atoms with van der Waals surface area (Å²) >= 11 is 0. The van der Waals surface area contributed by atoms with Gasteiger partial charge in [0.2, 0.25) is 0 Å². The maximum atomic E-state index is 10.2. The molecule has 0 aromatic carbocycles. The molecule has 4 heteroatoms. The number of aliphatic hydroxyl groups excluding tert-OH is 1. The van der Waals surface area contributed by atoms with Crippen molar-refractivity contribution in [2.75, 3.05) is 0 Å². The summed E-state index contributed by atoms with van der Waals surface area (Å²) in [5, 5.41) is 10.2. The van der Waals surface area contributed by atoms with Gasteiger partial charge in [-0.15, -0.1) is 0 Å². The van der Waals surface area contributed by atoms with E-state index in [1.807, 2.05) is 117 Å². The quantitative estimate of drug-likeness (QED) is 0.640. The standard InChI is InChI=1S/C14H17NO.2C5H5.2Fe/c1-9-5-3-7-11(9)13(15)14(16)12-8-4-6-10(12)2;2*1-2-4-5-3-1;;/h3-8,13-14,16H,15H2,1-2H3;2*1-5H;;/q;;;2*+2/t13-,14+;;;;/m1..../s1. The molecule has 0 amide bonds. The van der Waals surface area contributed by atoms with Gasteiger partial charge in [-0.3, -0.25) is 0 Å². The van der Waals surface area contributed by atoms with Gasteiger partial charge in [0, 0.05) is 17.9 Å². The summed E-state index contributed by atoms with van der Waals surface area (Å²) in [7, 11) is 0. The zero-order valence-electron chi connectivity index (χ0n) is 16.1. The van der Waals surface area contributed by atoms with E-state index >= 15 is 0 Å². The molecule has 28 heavy (non-hydrogen) atoms. The van der Waals surface area contributed by atoms with Crippen LogP contribution in [-0.4, -0.2) is 17.3 Å². The Labute approximate surface area is 196 Å². The van der Waals surface area contributed by atoms with Gasteiger partial charge in [0.25, 0.3) is 0 Å². The topological polar surface area (TPSA) is 46.2 Å². The second-order valence-electron chi connectivity index (χ2n) is 6.22. The molecular formula is C24H27Fe2NO+4. The maximum Gasteiger partial charge on any atom is 2.00 e. The van der Waals surface area contributed by atoms with Crippen LogP contribution >= 0.6 is 0 Å². The van der Waals surface area contributed by atoms with Crippen LogP contribution in [0.4, 0.5) is 0 Å². The van der Waals surface area contributed by atoms with E-state index in [1.165, 1.54) is 0 Å². The average molecular weight is 457 g/mol. The zero-order chi connectivity index (χ0) is 18.8. The maximum absolute atomic E-state index is 10.2. The van der Waals surface area contributed by atoms with Crippen LogP contribution in [0.5, 0.6) is 0 Å². The summed E-state index contributed by atoms with van der Waals surface area (Å²) in [6.07, 6.45) is 31.2. The number of hydrogen-bond donors (Lipinski definition) is 2. The second-order valence-corrected chi connectivity index (χ2v) is 6.22. The van der Waals surface area contributed by atoms with E-state index in [-0.39, 0.29) is 40.2 Å². The molecule has 0 saturated heterocycles. The van der Waals surface area contributed by atoms with Crippen LogP contribution in [0.25, 0.3) is 0 Å². The first-order valence-corrected chi connectivity index (χ1v) is 8.82. The van der Waals surface area contributed by atoms with Crippen molar-refractivity contribution in [1.29, 1.82) is 0 Å². The Hall–Kier alpha value is 0.959. The first-order valence-electron chi connectivity index (χ1n) is 8.82. The van der Waals surface area contributed by atoms with Crippen molar-refractivity contribution in [3.8, 4) is 0 Å². The molecule has 2 atom stereocenters. The fraction of sp³-hybridized carbons (Fsp3) is 0.167. The van der Waals surface area contributed by atoms with Crippen molar-refractivity contribution in [2.24, 2.45) is 5.73 Å². The minimum absolute atomic E-state index is 0. The normalized spacial score (nSPS) is 25.7. The van der Waals surface area contributed by atoms with Crippen LogP contribution in [0, 0.1) is 126 Å². The SMILES string of the molecule is C[C]1[CH][CH][CH][C]1[C@@H](N)[C@@H](O)[C]1[CH][CH][CH][C]1C.[CH]1[CH][CH][CH][CH]1.[CH]1[CH][CH][CH][CH]1.[Fe+2].[Fe+2]. The molecule has 0 unspecified atom stereocenters. The molecule has 4 aliphatic carbocycles. The summed E-state index contributed by atoms with van der Waals surface area (Å²) in [5.41, 5.74) is 6.09. The third-order valence-corrected chi connectivity index (χ3v) is 4.28. The predicted octanol–water partition coefficient (Wildman–Crippen LogP) is 3.30. The van der Waals surface area contributed by atoms with Gasteiger partial charge in [-0.25, -0.2) is 0 Å². The summed E-state index contributed by atoms with van der Waals surface area (Å²) in [6.45, 7) is 4.00. The molecule has 0 aromatic heterocycles. The van der Waals surface area contributed by atoms with E-state index in [4.69, 9.17) is 5.73 Å². The Morgan fingerprint density at radius 1 is 0.571 bits per heavy atom. The minimum Gasteiger partial charge on any atom is -0.391 e. The van der Waals surface area contributed by atoms with Crippen molar-refractivity contribution in [2.45, 2.75) is 26.0 Å². The molecule has 0 aliphatic heterocycles. The van der Waals surface area contributed by atoms with Crippen LogP contribution < -0.4 is 5.73 Å². The Morgan fingerprint density at radius 2 is 0.893 bits per heavy atom. The number of nitrogens with two attached hydrogens (primary N) is 1. The summed E-state index contributed by atoms with van der Waals surface area (Å²) < 4.78 is 0. The van der Waals surface area contributed by atoms with Gasteiger partial charge in [-0.1, -0.05) is 13.8 Å². The van der Waals surface area contributed by atoms with E-state index in [9.17, 15) is 5.11 Å². The number of hydrogen-bond acceptors (Lipinski definition) is 2. The van der Waals surface area contributed by atoms with Crippen LogP contribution in [-0.2, 0) is 34.1 Å². The predicted molar refractivity (Wildman–Crippen MR) is 107 cm³/mol. The first kappa shape index (κ1) is 29.0. The smallest absolute Gasteiger partial charge is 0.391 e. The fourth-order valence-corrected chi connectivity index (χ4v) is 2.76. The Bertz CT molecular complexity index is 311. The minimum atomic E-state index is -0.629. The van der Waals surface area contributed by atoms with Gasteiger partial charge in [-0.2, -0.15) is 0 Å². The second kappa shape index (κ2) is 16.6. The van der Waals surface area contributed by atoms with Gasteiger partial charge in [0.15, 0.2) is 0 Å². The molecule has 0 aromatic rings. The van der Waals surface area contributed by atoms with Crippen molar-refractivity contribution < 1.29 is 39.2 Å². The summed E-state index contributed by atoms with van der Waals surface area (Å²) in [5.74, 6) is 4.17. The molecule has 146 valence electrons. The van der Waals surface area contributed by atoms with Gasteiger partial charge >= 0.3 is 34.1 Å². The molecule has 4 saturated carbocycles. The molecule has 0 heterocycles. The van der Waals surface area contributed by atoms with Gasteiger partial charge in [-0.05, 0) is 115 Å². The van der Waals surface area contributed by atoms with Crippen molar-refractivity contribution in [3.05, 3.63) is 126 Å². The Morgan fingerprint density at radius 3 is 1.18 bits per heavy atom. The number of rotatable bonds is 3. The molecule has 0 bridgehead atoms. The van der Waals surface area contributed by atoms with Crippen molar-refractivity contribution >= 4 is 0 Å². The fourth-order valence-electron chi connectivity index (χ4n) is 2.76. The Kier molecular flexibility index (Phi) is 17.2. The van der Waals surface area contributed by atoms with Gasteiger partial charge < -0.3 is 10.8 Å². The summed E-state index contributed by atoms with van der Waals surface area (Å²) in [6, 6.07) is -0.351. The van der Waals surface area contributed by atoms with Crippen LogP contribution in [0.1, 0.15) is 13.8 Å². The van der Waals surface area contributed by atoms with Crippen LogP contribution in [0.3, 0.4) is 0 Å². The third-order valence-electron chi connectivity index (χ3n) is 4.28. The molecule has 3 N–H and O–H groups in total. The average Bonchev–Trinajstić information content (AvgIpc) is 3.43. The van der Waals surface area contributed by atoms with Crippen molar-refractivity contribution in [1.82, 2.24) is 0 Å². The molecule has 2 nitrogen and oxygen atoms in total. The van der Waals surface area contributed by atoms with Gasteiger partial charge in [0.05, 0.1) is 6.10 Å². The van der Waals surface area contributed by atoms with E-state index in [1.54, 1.807) is 0 Å². The zero-order valence-corrected chi connectivity index (χ0v) is 18.3. The van der Waals surface area contributed by atoms with E-state index in [0.717, 1.165) is 23.7 Å². The number of aliphatic hydroxyl groups is 1. The summed E-state index contributed by atoms with van der Waals surface area (Å²) in [4.78, 5) is 0. The largest absolute Gasteiger partial charge is 2.00 e. The first-order chi connectivity index (χ1) is 12.6. The Balaban J connectivity index is 0.000000500. The van der Waals surface area contributed by atoms with E-state index in [0.29, 0.717) is 0 Å². The van der Waals surface area contributed by atoms with Crippen molar-refractivity contribution in [3.63, 3.8) is 0 Å². The van der Waals surface area contributed by atoms with E-state index < -0.39 is 6.10 Å². The molecule has 4 aliphatic rings. The third kappa shape index (κ3) is 9.84.